The van der Waals surface area contributed by atoms with Gasteiger partial charge in [0, 0.05) is 19.5 Å². The summed E-state index contributed by atoms with van der Waals surface area (Å²) in [4.78, 5) is 19.9. The SMILES string of the molecule is CCn1c(C2CCCN2C(=O)CC(C)C2CC2)nc2ccccc21. The molecule has 0 N–H and O–H groups in total. The molecule has 1 aliphatic carbocycles. The lowest BCUT2D eigenvalue weighted by molar-refractivity contribution is -0.133. The molecule has 1 aromatic carbocycles. The summed E-state index contributed by atoms with van der Waals surface area (Å²) in [6.45, 7) is 6.18. The number of fused-ring (bicyclic) bond motifs is 1. The summed E-state index contributed by atoms with van der Waals surface area (Å²) in [5.74, 6) is 2.72. The number of carbonyl (C=O) groups excluding carboxylic acids is 1. The van der Waals surface area contributed by atoms with Crippen LogP contribution in [-0.2, 0) is 11.3 Å². The lowest BCUT2D eigenvalue weighted by atomic mass is 10.0. The van der Waals surface area contributed by atoms with Gasteiger partial charge >= 0.3 is 0 Å². The second kappa shape index (κ2) is 6.23. The van der Waals surface area contributed by atoms with Crippen molar-refractivity contribution in [2.45, 2.75) is 58.5 Å². The van der Waals surface area contributed by atoms with Crippen LogP contribution in [0.4, 0.5) is 0 Å². The van der Waals surface area contributed by atoms with Crippen LogP contribution in [0.5, 0.6) is 0 Å². The number of aryl methyl sites for hydroxylation is 1. The van der Waals surface area contributed by atoms with E-state index in [4.69, 9.17) is 4.98 Å². The molecule has 2 atom stereocenters. The van der Waals surface area contributed by atoms with Crippen molar-refractivity contribution >= 4 is 16.9 Å². The number of aromatic nitrogens is 2. The van der Waals surface area contributed by atoms with Gasteiger partial charge in [-0.1, -0.05) is 19.1 Å². The van der Waals surface area contributed by atoms with Crippen LogP contribution in [0.3, 0.4) is 0 Å². The van der Waals surface area contributed by atoms with Crippen LogP contribution < -0.4 is 0 Å². The summed E-state index contributed by atoms with van der Waals surface area (Å²) in [6.07, 6.45) is 5.44. The van der Waals surface area contributed by atoms with Gasteiger partial charge in [-0.15, -0.1) is 0 Å². The molecule has 24 heavy (non-hydrogen) atoms. The average molecular weight is 325 g/mol. The maximum absolute atomic E-state index is 12.9. The summed E-state index contributed by atoms with van der Waals surface area (Å²) in [6, 6.07) is 8.45. The van der Waals surface area contributed by atoms with E-state index in [1.54, 1.807) is 0 Å². The number of hydrogen-bond acceptors (Lipinski definition) is 2. The van der Waals surface area contributed by atoms with Crippen LogP contribution in [0, 0.1) is 11.8 Å². The highest BCUT2D eigenvalue weighted by atomic mass is 16.2. The van der Waals surface area contributed by atoms with Crippen molar-refractivity contribution < 1.29 is 4.79 Å². The molecule has 4 nitrogen and oxygen atoms in total. The fourth-order valence-corrected chi connectivity index (χ4v) is 4.24. The van der Waals surface area contributed by atoms with E-state index < -0.39 is 0 Å². The largest absolute Gasteiger partial charge is 0.332 e. The molecule has 2 unspecified atom stereocenters. The van der Waals surface area contributed by atoms with Gasteiger partial charge in [-0.2, -0.15) is 0 Å². The zero-order chi connectivity index (χ0) is 16.7. The van der Waals surface area contributed by atoms with Crippen LogP contribution >= 0.6 is 0 Å². The second-order valence-corrected chi connectivity index (χ2v) is 7.47. The zero-order valence-electron chi connectivity index (χ0n) is 14.7. The number of amides is 1. The monoisotopic (exact) mass is 325 g/mol. The first kappa shape index (κ1) is 15.7. The van der Waals surface area contributed by atoms with E-state index in [1.807, 2.05) is 6.07 Å². The van der Waals surface area contributed by atoms with Gasteiger partial charge < -0.3 is 9.47 Å². The fourth-order valence-electron chi connectivity index (χ4n) is 4.24. The van der Waals surface area contributed by atoms with Crippen LogP contribution in [0.1, 0.15) is 57.8 Å². The highest BCUT2D eigenvalue weighted by molar-refractivity contribution is 5.78. The Bertz CT molecular complexity index is 746. The van der Waals surface area contributed by atoms with E-state index in [0.29, 0.717) is 18.2 Å². The minimum atomic E-state index is 0.149. The third kappa shape index (κ3) is 2.72. The normalized spacial score (nSPS) is 22.2. The highest BCUT2D eigenvalue weighted by Gasteiger charge is 2.36. The molecule has 4 heteroatoms. The predicted octanol–water partition coefficient (Wildman–Crippen LogP) is 4.16. The molecule has 0 radical (unpaired) electrons. The van der Waals surface area contributed by atoms with Crippen LogP contribution in [0.15, 0.2) is 24.3 Å². The van der Waals surface area contributed by atoms with Gasteiger partial charge in [-0.05, 0) is 56.6 Å². The topological polar surface area (TPSA) is 38.1 Å². The lowest BCUT2D eigenvalue weighted by Crippen LogP contribution is -2.33. The van der Waals surface area contributed by atoms with E-state index in [1.165, 1.54) is 18.4 Å². The van der Waals surface area contributed by atoms with Crippen molar-refractivity contribution in [3.05, 3.63) is 30.1 Å². The molecule has 1 saturated heterocycles. The van der Waals surface area contributed by atoms with E-state index in [-0.39, 0.29) is 6.04 Å². The molecule has 2 aliphatic rings. The van der Waals surface area contributed by atoms with Gasteiger partial charge in [0.05, 0.1) is 17.1 Å². The standard InChI is InChI=1S/C20H27N3O/c1-3-22-17-8-5-4-7-16(17)21-20(22)18-9-6-12-23(18)19(24)13-14(2)15-10-11-15/h4-5,7-8,14-15,18H,3,6,9-13H2,1-2H3. The van der Waals surface area contributed by atoms with Crippen molar-refractivity contribution in [2.24, 2.45) is 11.8 Å². The van der Waals surface area contributed by atoms with Crippen molar-refractivity contribution in [1.82, 2.24) is 14.5 Å². The third-order valence-corrected chi connectivity index (χ3v) is 5.79. The van der Waals surface area contributed by atoms with E-state index in [2.05, 4.69) is 41.5 Å². The molecule has 0 spiro atoms. The number of likely N-dealkylation sites (tertiary alicyclic amines) is 1. The quantitative estimate of drug-likeness (QED) is 0.828. The Morgan fingerprint density at radius 3 is 2.83 bits per heavy atom. The minimum Gasteiger partial charge on any atom is -0.332 e. The molecule has 1 aliphatic heterocycles. The van der Waals surface area contributed by atoms with E-state index in [0.717, 1.165) is 43.2 Å². The van der Waals surface area contributed by atoms with Crippen molar-refractivity contribution in [1.29, 1.82) is 0 Å². The number of benzene rings is 1. The van der Waals surface area contributed by atoms with Gasteiger partial charge in [-0.3, -0.25) is 4.79 Å². The summed E-state index contributed by atoms with van der Waals surface area (Å²) in [7, 11) is 0. The molecule has 2 heterocycles. The average Bonchev–Trinajstić information content (AvgIpc) is 3.21. The Morgan fingerprint density at radius 1 is 1.29 bits per heavy atom. The maximum Gasteiger partial charge on any atom is 0.223 e. The fraction of sp³-hybridized carbons (Fsp3) is 0.600. The van der Waals surface area contributed by atoms with Crippen molar-refractivity contribution in [3.63, 3.8) is 0 Å². The first-order valence-corrected chi connectivity index (χ1v) is 9.43. The van der Waals surface area contributed by atoms with Crippen LogP contribution in [0.2, 0.25) is 0 Å². The Kier molecular flexibility index (Phi) is 4.07. The Balaban J connectivity index is 1.61. The molecule has 1 saturated carbocycles. The van der Waals surface area contributed by atoms with Gasteiger partial charge in [0.2, 0.25) is 5.91 Å². The Hall–Kier alpha value is -1.84. The number of rotatable bonds is 5. The smallest absolute Gasteiger partial charge is 0.223 e. The molecular weight excluding hydrogens is 298 g/mol. The van der Waals surface area contributed by atoms with E-state index in [9.17, 15) is 4.79 Å². The molecule has 1 aromatic heterocycles. The number of para-hydroxylation sites is 2. The third-order valence-electron chi connectivity index (χ3n) is 5.79. The number of hydrogen-bond donors (Lipinski definition) is 0. The zero-order valence-corrected chi connectivity index (χ0v) is 14.7. The van der Waals surface area contributed by atoms with Gasteiger partial charge in [0.25, 0.3) is 0 Å². The first-order valence-electron chi connectivity index (χ1n) is 9.43. The van der Waals surface area contributed by atoms with Crippen LogP contribution in [-0.4, -0.2) is 26.9 Å². The first-order chi connectivity index (χ1) is 11.7. The summed E-state index contributed by atoms with van der Waals surface area (Å²) in [5, 5.41) is 0. The summed E-state index contributed by atoms with van der Waals surface area (Å²) in [5.41, 5.74) is 2.22. The Morgan fingerprint density at radius 2 is 2.08 bits per heavy atom. The molecule has 1 amide bonds. The van der Waals surface area contributed by atoms with Gasteiger partial charge in [-0.25, -0.2) is 4.98 Å². The summed E-state index contributed by atoms with van der Waals surface area (Å²) < 4.78 is 2.29. The minimum absolute atomic E-state index is 0.149. The van der Waals surface area contributed by atoms with Crippen molar-refractivity contribution in [2.75, 3.05) is 6.54 Å². The van der Waals surface area contributed by atoms with Crippen molar-refractivity contribution in [3.8, 4) is 0 Å². The molecule has 0 bridgehead atoms. The predicted molar refractivity (Wildman–Crippen MR) is 95.6 cm³/mol. The molecular formula is C20H27N3O. The van der Waals surface area contributed by atoms with Gasteiger partial charge in [0.1, 0.15) is 5.82 Å². The maximum atomic E-state index is 12.9. The molecule has 2 fully saturated rings. The Labute approximate surface area is 143 Å². The van der Waals surface area contributed by atoms with E-state index >= 15 is 0 Å². The lowest BCUT2D eigenvalue weighted by Gasteiger charge is -2.26. The number of imidazole rings is 1. The molecule has 4 rings (SSSR count). The van der Waals surface area contributed by atoms with Crippen LogP contribution in [0.25, 0.3) is 11.0 Å². The molecule has 2 aromatic rings. The number of nitrogens with zero attached hydrogens (tertiary/aromatic N) is 3. The van der Waals surface area contributed by atoms with Gasteiger partial charge in [0.15, 0.2) is 0 Å². The highest BCUT2D eigenvalue weighted by Crippen LogP contribution is 2.40. The molecule has 128 valence electrons. The number of carbonyl (C=O) groups is 1. The summed E-state index contributed by atoms with van der Waals surface area (Å²) >= 11 is 0. The second-order valence-electron chi connectivity index (χ2n) is 7.47.